The van der Waals surface area contributed by atoms with Gasteiger partial charge in [-0.15, -0.1) is 11.3 Å². The monoisotopic (exact) mass is 282 g/mol. The number of nitrogen functional groups attached to an aromatic ring is 1. The second-order valence-electron chi connectivity index (χ2n) is 3.58. The second-order valence-corrected chi connectivity index (χ2v) is 4.69. The van der Waals surface area contributed by atoms with Gasteiger partial charge in [-0.25, -0.2) is 9.97 Å². The Kier molecular flexibility index (Phi) is 4.11. The topological polar surface area (TPSA) is 80.9 Å². The van der Waals surface area contributed by atoms with Gasteiger partial charge in [0.25, 0.3) is 5.91 Å². The predicted molar refractivity (Wildman–Crippen MR) is 71.8 cm³/mol. The largest absolute Gasteiger partial charge is 0.397 e. The van der Waals surface area contributed by atoms with Crippen LogP contribution in [0.15, 0.2) is 23.2 Å². The van der Waals surface area contributed by atoms with Crippen LogP contribution in [-0.4, -0.2) is 22.4 Å². The van der Waals surface area contributed by atoms with Crippen molar-refractivity contribution >= 4 is 34.5 Å². The number of carbonyl (C=O) groups is 1. The van der Waals surface area contributed by atoms with Crippen molar-refractivity contribution in [1.29, 1.82) is 0 Å². The first-order chi connectivity index (χ1) is 8.66. The van der Waals surface area contributed by atoms with Gasteiger partial charge in [0.15, 0.2) is 0 Å². The summed E-state index contributed by atoms with van der Waals surface area (Å²) in [7, 11) is 0. The number of rotatable bonds is 4. The van der Waals surface area contributed by atoms with Gasteiger partial charge in [-0.1, -0.05) is 11.6 Å². The Morgan fingerprint density at radius 1 is 1.50 bits per heavy atom. The molecule has 0 aromatic carbocycles. The fourth-order valence-corrected chi connectivity index (χ4v) is 2.15. The van der Waals surface area contributed by atoms with Crippen LogP contribution in [0.3, 0.4) is 0 Å². The smallest absolute Gasteiger partial charge is 0.253 e. The molecule has 0 spiro atoms. The Morgan fingerprint density at radius 2 is 2.33 bits per heavy atom. The van der Waals surface area contributed by atoms with E-state index in [1.54, 1.807) is 5.51 Å². The van der Waals surface area contributed by atoms with Crippen LogP contribution in [0.5, 0.6) is 0 Å². The molecule has 0 saturated carbocycles. The molecular formula is C11H11ClN4OS. The van der Waals surface area contributed by atoms with Crippen LogP contribution in [0.25, 0.3) is 0 Å². The number of hydrogen-bond donors (Lipinski definition) is 2. The Balaban J connectivity index is 1.93. The minimum atomic E-state index is -0.257. The summed E-state index contributed by atoms with van der Waals surface area (Å²) in [6.45, 7) is 0.502. The van der Waals surface area contributed by atoms with E-state index < -0.39 is 0 Å². The van der Waals surface area contributed by atoms with E-state index in [9.17, 15) is 4.79 Å². The average molecular weight is 283 g/mol. The minimum Gasteiger partial charge on any atom is -0.397 e. The molecule has 3 N–H and O–H groups in total. The van der Waals surface area contributed by atoms with E-state index in [0.29, 0.717) is 24.2 Å². The maximum Gasteiger partial charge on any atom is 0.253 e. The van der Waals surface area contributed by atoms with E-state index in [-0.39, 0.29) is 11.1 Å². The quantitative estimate of drug-likeness (QED) is 0.837. The summed E-state index contributed by atoms with van der Waals surface area (Å²) in [5.41, 5.74) is 9.04. The number of amides is 1. The van der Waals surface area contributed by atoms with Gasteiger partial charge in [-0.05, 0) is 6.07 Å². The average Bonchev–Trinajstić information content (AvgIpc) is 2.85. The van der Waals surface area contributed by atoms with Crippen molar-refractivity contribution < 1.29 is 4.79 Å². The van der Waals surface area contributed by atoms with Crippen molar-refractivity contribution in [1.82, 2.24) is 15.3 Å². The van der Waals surface area contributed by atoms with E-state index in [1.165, 1.54) is 23.6 Å². The molecule has 0 fully saturated rings. The third kappa shape index (κ3) is 3.18. The van der Waals surface area contributed by atoms with E-state index in [4.69, 9.17) is 17.3 Å². The van der Waals surface area contributed by atoms with Crippen LogP contribution in [0.2, 0.25) is 5.15 Å². The molecule has 18 heavy (non-hydrogen) atoms. The lowest BCUT2D eigenvalue weighted by molar-refractivity contribution is 0.0955. The summed E-state index contributed by atoms with van der Waals surface area (Å²) in [6.07, 6.45) is 2.06. The SMILES string of the molecule is Nc1cnc(Cl)cc1C(=O)NCCc1cscn1. The number of pyridine rings is 1. The molecule has 0 radical (unpaired) electrons. The lowest BCUT2D eigenvalue weighted by Crippen LogP contribution is -2.26. The Hall–Kier alpha value is -1.66. The van der Waals surface area contributed by atoms with Gasteiger partial charge in [0, 0.05) is 18.3 Å². The van der Waals surface area contributed by atoms with Crippen molar-refractivity contribution in [2.75, 3.05) is 12.3 Å². The standard InChI is InChI=1S/C11H11ClN4OS/c12-10-3-8(9(13)4-15-10)11(17)14-2-1-7-5-18-6-16-7/h3-6H,1-2,13H2,(H,14,17). The van der Waals surface area contributed by atoms with Gasteiger partial charge in [0.05, 0.1) is 28.7 Å². The Labute approximate surface area is 113 Å². The first-order valence-corrected chi connectivity index (χ1v) is 6.55. The zero-order valence-electron chi connectivity index (χ0n) is 9.39. The van der Waals surface area contributed by atoms with Crippen LogP contribution in [-0.2, 0) is 6.42 Å². The normalized spacial score (nSPS) is 10.3. The first-order valence-electron chi connectivity index (χ1n) is 5.23. The van der Waals surface area contributed by atoms with Gasteiger partial charge >= 0.3 is 0 Å². The molecule has 0 aliphatic rings. The Bertz CT molecular complexity index is 544. The number of anilines is 1. The van der Waals surface area contributed by atoms with Crippen molar-refractivity contribution in [2.24, 2.45) is 0 Å². The fraction of sp³-hybridized carbons (Fsp3) is 0.182. The highest BCUT2D eigenvalue weighted by atomic mass is 35.5. The van der Waals surface area contributed by atoms with Crippen molar-refractivity contribution in [3.05, 3.63) is 39.6 Å². The van der Waals surface area contributed by atoms with Gasteiger partial charge in [0.1, 0.15) is 5.15 Å². The molecule has 2 aromatic heterocycles. The summed E-state index contributed by atoms with van der Waals surface area (Å²) in [6, 6.07) is 1.45. The molecule has 94 valence electrons. The number of aromatic nitrogens is 2. The maximum atomic E-state index is 11.9. The van der Waals surface area contributed by atoms with Gasteiger partial charge in [-0.2, -0.15) is 0 Å². The summed E-state index contributed by atoms with van der Waals surface area (Å²) in [4.78, 5) is 19.8. The highest BCUT2D eigenvalue weighted by molar-refractivity contribution is 7.07. The molecule has 0 aliphatic heterocycles. The van der Waals surface area contributed by atoms with E-state index in [1.807, 2.05) is 5.38 Å². The summed E-state index contributed by atoms with van der Waals surface area (Å²) in [5, 5.41) is 4.96. The number of nitrogens with two attached hydrogens (primary N) is 1. The third-order valence-electron chi connectivity index (χ3n) is 2.30. The number of carbonyl (C=O) groups excluding carboxylic acids is 1. The molecule has 5 nitrogen and oxygen atoms in total. The molecule has 2 rings (SSSR count). The molecule has 0 atom stereocenters. The van der Waals surface area contributed by atoms with E-state index >= 15 is 0 Å². The molecule has 1 amide bonds. The first kappa shape index (κ1) is 12.8. The van der Waals surface area contributed by atoms with Crippen molar-refractivity contribution in [3.63, 3.8) is 0 Å². The lowest BCUT2D eigenvalue weighted by atomic mass is 10.2. The second kappa shape index (κ2) is 5.79. The molecule has 0 saturated heterocycles. The number of halogens is 1. The Morgan fingerprint density at radius 3 is 3.06 bits per heavy atom. The van der Waals surface area contributed by atoms with Crippen LogP contribution in [0.1, 0.15) is 16.1 Å². The van der Waals surface area contributed by atoms with Gasteiger partial charge in [-0.3, -0.25) is 4.79 Å². The van der Waals surface area contributed by atoms with E-state index in [0.717, 1.165) is 5.69 Å². The number of thiazole rings is 1. The highest BCUT2D eigenvalue weighted by Gasteiger charge is 2.10. The third-order valence-corrected chi connectivity index (χ3v) is 3.14. The van der Waals surface area contributed by atoms with E-state index in [2.05, 4.69) is 15.3 Å². The number of nitrogens with one attached hydrogen (secondary N) is 1. The molecule has 7 heteroatoms. The van der Waals surface area contributed by atoms with Crippen LogP contribution in [0.4, 0.5) is 5.69 Å². The predicted octanol–water partition coefficient (Wildman–Crippen LogP) is 1.75. The summed E-state index contributed by atoms with van der Waals surface area (Å²) in [5.74, 6) is -0.257. The molecule has 2 aromatic rings. The van der Waals surface area contributed by atoms with Gasteiger partial charge in [0.2, 0.25) is 0 Å². The number of nitrogens with zero attached hydrogens (tertiary/aromatic N) is 2. The van der Waals surface area contributed by atoms with Crippen LogP contribution < -0.4 is 11.1 Å². The van der Waals surface area contributed by atoms with Crippen molar-refractivity contribution in [2.45, 2.75) is 6.42 Å². The molecule has 0 bridgehead atoms. The molecular weight excluding hydrogens is 272 g/mol. The summed E-state index contributed by atoms with van der Waals surface area (Å²) < 4.78 is 0. The fourth-order valence-electron chi connectivity index (χ4n) is 1.40. The molecule has 2 heterocycles. The van der Waals surface area contributed by atoms with Crippen LogP contribution >= 0.6 is 22.9 Å². The number of hydrogen-bond acceptors (Lipinski definition) is 5. The minimum absolute atomic E-state index is 0.244. The molecule has 0 aliphatic carbocycles. The molecule has 0 unspecified atom stereocenters. The zero-order chi connectivity index (χ0) is 13.0. The van der Waals surface area contributed by atoms with Crippen LogP contribution in [0, 0.1) is 0 Å². The zero-order valence-corrected chi connectivity index (χ0v) is 11.0. The van der Waals surface area contributed by atoms with Crippen molar-refractivity contribution in [3.8, 4) is 0 Å². The summed E-state index contributed by atoms with van der Waals surface area (Å²) >= 11 is 7.25. The highest BCUT2D eigenvalue weighted by Crippen LogP contribution is 2.14. The lowest BCUT2D eigenvalue weighted by Gasteiger charge is -2.06. The maximum absolute atomic E-state index is 11.9. The van der Waals surface area contributed by atoms with Gasteiger partial charge < -0.3 is 11.1 Å².